The first kappa shape index (κ1) is 16.0. The summed E-state index contributed by atoms with van der Waals surface area (Å²) >= 11 is 0. The summed E-state index contributed by atoms with van der Waals surface area (Å²) in [5.41, 5.74) is 6.88. The summed E-state index contributed by atoms with van der Waals surface area (Å²) in [7, 11) is 0. The van der Waals surface area contributed by atoms with Gasteiger partial charge in [-0.2, -0.15) is 0 Å². The molecule has 0 radical (unpaired) electrons. The molecule has 0 aromatic carbocycles. The molecule has 1 heterocycles. The molecule has 2 atom stereocenters. The van der Waals surface area contributed by atoms with E-state index < -0.39 is 0 Å². The Morgan fingerprint density at radius 2 is 2.00 bits per heavy atom. The van der Waals surface area contributed by atoms with Crippen LogP contribution in [-0.4, -0.2) is 11.6 Å². The Hall–Kier alpha value is -1.09. The lowest BCUT2D eigenvalue weighted by Gasteiger charge is -2.16. The van der Waals surface area contributed by atoms with Crippen molar-refractivity contribution in [2.45, 2.75) is 58.9 Å². The van der Waals surface area contributed by atoms with Crippen LogP contribution in [0.1, 0.15) is 64.6 Å². The van der Waals surface area contributed by atoms with E-state index in [2.05, 4.69) is 25.8 Å². The molecule has 2 N–H and O–H groups in total. The number of ether oxygens (including phenoxy) is 1. The van der Waals surface area contributed by atoms with Gasteiger partial charge in [0.2, 0.25) is 0 Å². The SMILES string of the molecule is CCCCC(CC)COc1ccc([C@@H](N)CC)nc1. The Balaban J connectivity index is 2.44. The number of hydrogen-bond donors (Lipinski definition) is 1. The van der Waals surface area contributed by atoms with E-state index in [0.717, 1.165) is 24.5 Å². The van der Waals surface area contributed by atoms with Crippen LogP contribution in [0.3, 0.4) is 0 Å². The summed E-state index contributed by atoms with van der Waals surface area (Å²) in [6.45, 7) is 7.31. The number of aromatic nitrogens is 1. The zero-order valence-corrected chi connectivity index (χ0v) is 12.6. The van der Waals surface area contributed by atoms with E-state index in [1.54, 1.807) is 6.20 Å². The van der Waals surface area contributed by atoms with Crippen LogP contribution in [0.4, 0.5) is 0 Å². The highest BCUT2D eigenvalue weighted by Crippen LogP contribution is 2.18. The Morgan fingerprint density at radius 3 is 2.53 bits per heavy atom. The van der Waals surface area contributed by atoms with E-state index in [1.807, 2.05) is 12.1 Å². The highest BCUT2D eigenvalue weighted by Gasteiger charge is 2.08. The molecule has 0 fully saturated rings. The maximum absolute atomic E-state index is 5.94. The molecule has 0 aliphatic carbocycles. The number of nitrogens with two attached hydrogens (primary N) is 1. The average Bonchev–Trinajstić information content (AvgIpc) is 2.47. The summed E-state index contributed by atoms with van der Waals surface area (Å²) in [6.07, 6.45) is 7.65. The molecule has 108 valence electrons. The first-order valence-electron chi connectivity index (χ1n) is 7.55. The Kier molecular flexibility index (Phi) is 7.49. The lowest BCUT2D eigenvalue weighted by atomic mass is 10.0. The monoisotopic (exact) mass is 264 g/mol. The fourth-order valence-electron chi connectivity index (χ4n) is 2.02. The maximum Gasteiger partial charge on any atom is 0.137 e. The van der Waals surface area contributed by atoms with Crippen LogP contribution in [-0.2, 0) is 0 Å². The van der Waals surface area contributed by atoms with E-state index in [9.17, 15) is 0 Å². The van der Waals surface area contributed by atoms with Gasteiger partial charge < -0.3 is 10.5 Å². The van der Waals surface area contributed by atoms with Crippen molar-refractivity contribution in [3.8, 4) is 5.75 Å². The molecule has 0 saturated heterocycles. The van der Waals surface area contributed by atoms with Gasteiger partial charge in [-0.25, -0.2) is 0 Å². The zero-order valence-electron chi connectivity index (χ0n) is 12.6. The third kappa shape index (κ3) is 5.60. The molecular formula is C16H28N2O. The topological polar surface area (TPSA) is 48.1 Å². The van der Waals surface area contributed by atoms with Gasteiger partial charge in [-0.15, -0.1) is 0 Å². The highest BCUT2D eigenvalue weighted by atomic mass is 16.5. The van der Waals surface area contributed by atoms with Gasteiger partial charge in [0.25, 0.3) is 0 Å². The lowest BCUT2D eigenvalue weighted by Crippen LogP contribution is -2.12. The van der Waals surface area contributed by atoms with Crippen molar-refractivity contribution in [2.75, 3.05) is 6.61 Å². The third-order valence-corrected chi connectivity index (χ3v) is 3.61. The minimum Gasteiger partial charge on any atom is -0.492 e. The molecule has 1 aromatic heterocycles. The molecule has 1 aromatic rings. The summed E-state index contributed by atoms with van der Waals surface area (Å²) in [5.74, 6) is 1.50. The molecule has 0 amide bonds. The van der Waals surface area contributed by atoms with E-state index >= 15 is 0 Å². The number of nitrogens with zero attached hydrogens (tertiary/aromatic N) is 1. The molecule has 3 nitrogen and oxygen atoms in total. The fraction of sp³-hybridized carbons (Fsp3) is 0.688. The second-order valence-corrected chi connectivity index (χ2v) is 5.16. The first-order chi connectivity index (χ1) is 9.21. The molecule has 0 aliphatic heterocycles. The number of rotatable bonds is 9. The molecule has 1 rings (SSSR count). The highest BCUT2D eigenvalue weighted by molar-refractivity contribution is 5.21. The van der Waals surface area contributed by atoms with Gasteiger partial charge in [0.05, 0.1) is 18.5 Å². The summed E-state index contributed by atoms with van der Waals surface area (Å²) in [4.78, 5) is 4.37. The number of hydrogen-bond acceptors (Lipinski definition) is 3. The van der Waals surface area contributed by atoms with Crippen LogP contribution in [0.25, 0.3) is 0 Å². The smallest absolute Gasteiger partial charge is 0.137 e. The Morgan fingerprint density at radius 1 is 1.21 bits per heavy atom. The molecule has 19 heavy (non-hydrogen) atoms. The second kappa shape index (κ2) is 8.92. The number of pyridine rings is 1. The van der Waals surface area contributed by atoms with Gasteiger partial charge in [-0.1, -0.05) is 40.0 Å². The van der Waals surface area contributed by atoms with Gasteiger partial charge >= 0.3 is 0 Å². The van der Waals surface area contributed by atoms with Gasteiger partial charge in [-0.05, 0) is 30.9 Å². The molecule has 0 saturated carbocycles. The van der Waals surface area contributed by atoms with Crippen LogP contribution in [0.5, 0.6) is 5.75 Å². The average molecular weight is 264 g/mol. The van der Waals surface area contributed by atoms with Gasteiger partial charge in [0.15, 0.2) is 0 Å². The minimum absolute atomic E-state index is 0.0296. The van der Waals surface area contributed by atoms with Gasteiger partial charge in [0, 0.05) is 6.04 Å². The predicted molar refractivity (Wildman–Crippen MR) is 80.3 cm³/mol. The van der Waals surface area contributed by atoms with Crippen molar-refractivity contribution in [2.24, 2.45) is 11.7 Å². The minimum atomic E-state index is 0.0296. The first-order valence-corrected chi connectivity index (χ1v) is 7.55. The normalized spacial score (nSPS) is 14.1. The van der Waals surface area contributed by atoms with Crippen LogP contribution in [0.15, 0.2) is 18.3 Å². The maximum atomic E-state index is 5.94. The van der Waals surface area contributed by atoms with Crippen molar-refractivity contribution in [1.82, 2.24) is 4.98 Å². The third-order valence-electron chi connectivity index (χ3n) is 3.61. The number of unbranched alkanes of at least 4 members (excludes halogenated alkanes) is 1. The largest absolute Gasteiger partial charge is 0.492 e. The van der Waals surface area contributed by atoms with Crippen LogP contribution >= 0.6 is 0 Å². The molecule has 0 aliphatic rings. The Bertz CT molecular complexity index is 337. The standard InChI is InChI=1S/C16H28N2O/c1-4-7-8-13(5-2)12-19-14-9-10-16(18-11-14)15(17)6-3/h9-11,13,15H,4-8,12,17H2,1-3H3/t13?,15-/m0/s1. The summed E-state index contributed by atoms with van der Waals surface area (Å²) < 4.78 is 5.82. The van der Waals surface area contributed by atoms with Crippen molar-refractivity contribution in [3.05, 3.63) is 24.0 Å². The zero-order chi connectivity index (χ0) is 14.1. The molecule has 0 bridgehead atoms. The van der Waals surface area contributed by atoms with Crippen molar-refractivity contribution < 1.29 is 4.74 Å². The second-order valence-electron chi connectivity index (χ2n) is 5.16. The van der Waals surface area contributed by atoms with Crippen molar-refractivity contribution in [1.29, 1.82) is 0 Å². The van der Waals surface area contributed by atoms with Gasteiger partial charge in [-0.3, -0.25) is 4.98 Å². The van der Waals surface area contributed by atoms with E-state index in [-0.39, 0.29) is 6.04 Å². The van der Waals surface area contributed by atoms with Gasteiger partial charge in [0.1, 0.15) is 5.75 Å². The predicted octanol–water partition coefficient (Wildman–Crippen LogP) is 4.09. The molecule has 1 unspecified atom stereocenters. The fourth-order valence-corrected chi connectivity index (χ4v) is 2.02. The van der Waals surface area contributed by atoms with Crippen LogP contribution in [0, 0.1) is 5.92 Å². The molecule has 0 spiro atoms. The molecule has 3 heteroatoms. The van der Waals surface area contributed by atoms with Crippen LogP contribution < -0.4 is 10.5 Å². The van der Waals surface area contributed by atoms with Crippen molar-refractivity contribution in [3.63, 3.8) is 0 Å². The molecular weight excluding hydrogens is 236 g/mol. The summed E-state index contributed by atoms with van der Waals surface area (Å²) in [6, 6.07) is 3.97. The van der Waals surface area contributed by atoms with E-state index in [0.29, 0.717) is 5.92 Å². The van der Waals surface area contributed by atoms with E-state index in [1.165, 1.54) is 25.7 Å². The quantitative estimate of drug-likeness (QED) is 0.731. The van der Waals surface area contributed by atoms with E-state index in [4.69, 9.17) is 10.5 Å². The van der Waals surface area contributed by atoms with Crippen LogP contribution in [0.2, 0.25) is 0 Å². The Labute approximate surface area is 117 Å². The lowest BCUT2D eigenvalue weighted by molar-refractivity contribution is 0.232. The summed E-state index contributed by atoms with van der Waals surface area (Å²) in [5, 5.41) is 0. The van der Waals surface area contributed by atoms with Crippen molar-refractivity contribution >= 4 is 0 Å².